The van der Waals surface area contributed by atoms with Gasteiger partial charge in [0.15, 0.2) is 0 Å². The van der Waals surface area contributed by atoms with Gasteiger partial charge in [0.25, 0.3) is 0 Å². The molecule has 6 aromatic carbocycles. The van der Waals surface area contributed by atoms with E-state index >= 15 is 0 Å². The van der Waals surface area contributed by atoms with Gasteiger partial charge in [-0.15, -0.1) is 0 Å². The van der Waals surface area contributed by atoms with Crippen molar-refractivity contribution in [2.24, 2.45) is 0 Å². The predicted molar refractivity (Wildman–Crippen MR) is 170 cm³/mol. The van der Waals surface area contributed by atoms with E-state index in [1.807, 2.05) is 54.6 Å². The fourth-order valence-corrected chi connectivity index (χ4v) is 6.46. The van der Waals surface area contributed by atoms with E-state index in [2.05, 4.69) is 100 Å². The molecule has 0 aliphatic carbocycles. The van der Waals surface area contributed by atoms with Crippen molar-refractivity contribution in [3.8, 4) is 34.6 Å². The summed E-state index contributed by atoms with van der Waals surface area (Å²) in [6, 6.07) is 50.0. The van der Waals surface area contributed by atoms with Crippen LogP contribution in [0, 0.1) is 22.7 Å². The minimum atomic E-state index is 0.518. The van der Waals surface area contributed by atoms with E-state index in [9.17, 15) is 10.5 Å². The number of rotatable bonds is 3. The lowest BCUT2D eigenvalue weighted by molar-refractivity contribution is 1.16. The Labute approximate surface area is 242 Å². The zero-order chi connectivity index (χ0) is 28.2. The highest BCUT2D eigenvalue weighted by atomic mass is 15.0. The number of hydrogen-bond acceptors (Lipinski definition) is 2. The first-order chi connectivity index (χ1) is 20.8. The Morgan fingerprint density at radius 1 is 0.429 bits per heavy atom. The Morgan fingerprint density at radius 2 is 0.905 bits per heavy atom. The monoisotopic (exact) mass is 534 g/mol. The van der Waals surface area contributed by atoms with Crippen LogP contribution >= 0.6 is 0 Å². The Morgan fingerprint density at radius 3 is 1.40 bits per heavy atom. The number of para-hydroxylation sites is 4. The molecule has 0 amide bonds. The van der Waals surface area contributed by atoms with Crippen LogP contribution in [-0.2, 0) is 0 Å². The van der Waals surface area contributed by atoms with Crippen LogP contribution in [0.1, 0.15) is 11.1 Å². The molecule has 2 aromatic heterocycles. The summed E-state index contributed by atoms with van der Waals surface area (Å²) in [6.07, 6.45) is 0. The minimum absolute atomic E-state index is 0.518. The molecule has 4 heteroatoms. The number of nitrogens with zero attached hydrogens (tertiary/aromatic N) is 4. The molecular weight excluding hydrogens is 512 g/mol. The third-order valence-corrected chi connectivity index (χ3v) is 8.22. The third kappa shape index (κ3) is 3.33. The Balaban J connectivity index is 1.48. The van der Waals surface area contributed by atoms with Crippen LogP contribution in [0.4, 0.5) is 0 Å². The topological polar surface area (TPSA) is 57.4 Å². The Bertz CT molecular complexity index is 2340. The second-order valence-electron chi connectivity index (χ2n) is 10.4. The van der Waals surface area contributed by atoms with Crippen LogP contribution in [-0.4, -0.2) is 9.13 Å². The van der Waals surface area contributed by atoms with E-state index in [0.29, 0.717) is 11.1 Å². The third-order valence-electron chi connectivity index (χ3n) is 8.22. The molecule has 0 spiro atoms. The van der Waals surface area contributed by atoms with Crippen molar-refractivity contribution in [1.29, 1.82) is 10.5 Å². The van der Waals surface area contributed by atoms with E-state index in [4.69, 9.17) is 0 Å². The molecule has 194 valence electrons. The Hall–Kier alpha value is -6.10. The van der Waals surface area contributed by atoms with Crippen LogP contribution in [0.15, 0.2) is 133 Å². The van der Waals surface area contributed by atoms with Gasteiger partial charge in [0.2, 0.25) is 0 Å². The molecule has 42 heavy (non-hydrogen) atoms. The zero-order valence-corrected chi connectivity index (χ0v) is 22.5. The molecule has 8 rings (SSSR count). The molecule has 0 aliphatic heterocycles. The first-order valence-electron chi connectivity index (χ1n) is 13.8. The van der Waals surface area contributed by atoms with Crippen molar-refractivity contribution in [3.05, 3.63) is 145 Å². The minimum Gasteiger partial charge on any atom is -0.309 e. The van der Waals surface area contributed by atoms with Gasteiger partial charge in [0, 0.05) is 38.4 Å². The largest absolute Gasteiger partial charge is 0.309 e. The van der Waals surface area contributed by atoms with Crippen molar-refractivity contribution >= 4 is 43.6 Å². The molecule has 0 N–H and O–H groups in total. The standard InChI is InChI=1S/C38H22N4/c39-23-25-20-21-27(41-33-15-5-1-11-28(33)29-12-2-6-16-34(29)41)22-32(25)38-26(24-40)10-9-19-37(38)42-35-17-7-3-13-30(35)31-14-4-8-18-36(31)42/h1-22H. The molecule has 0 aliphatic rings. The van der Waals surface area contributed by atoms with Gasteiger partial charge in [-0.25, -0.2) is 0 Å². The molecule has 0 saturated carbocycles. The molecule has 0 fully saturated rings. The first-order valence-corrected chi connectivity index (χ1v) is 13.8. The van der Waals surface area contributed by atoms with Crippen LogP contribution in [0.2, 0.25) is 0 Å². The summed E-state index contributed by atoms with van der Waals surface area (Å²) in [5, 5.41) is 25.3. The lowest BCUT2D eigenvalue weighted by atomic mass is 9.93. The second kappa shape index (κ2) is 9.24. The molecule has 0 bridgehead atoms. The van der Waals surface area contributed by atoms with Gasteiger partial charge in [0.05, 0.1) is 51.0 Å². The van der Waals surface area contributed by atoms with Crippen LogP contribution in [0.5, 0.6) is 0 Å². The molecule has 2 heterocycles. The van der Waals surface area contributed by atoms with E-state index < -0.39 is 0 Å². The molecular formula is C38H22N4. The molecule has 0 atom stereocenters. The van der Waals surface area contributed by atoms with Gasteiger partial charge < -0.3 is 9.13 Å². The van der Waals surface area contributed by atoms with Gasteiger partial charge >= 0.3 is 0 Å². The van der Waals surface area contributed by atoms with E-state index in [-0.39, 0.29) is 0 Å². The number of benzene rings is 6. The van der Waals surface area contributed by atoms with Crippen molar-refractivity contribution in [2.45, 2.75) is 0 Å². The second-order valence-corrected chi connectivity index (χ2v) is 10.4. The van der Waals surface area contributed by atoms with E-state index in [1.54, 1.807) is 0 Å². The molecule has 0 unspecified atom stereocenters. The Kier molecular flexibility index (Phi) is 5.22. The van der Waals surface area contributed by atoms with Crippen LogP contribution < -0.4 is 0 Å². The fraction of sp³-hybridized carbons (Fsp3) is 0. The normalized spacial score (nSPS) is 11.3. The van der Waals surface area contributed by atoms with Gasteiger partial charge in [-0.2, -0.15) is 10.5 Å². The average Bonchev–Trinajstić information content (AvgIpc) is 3.57. The maximum absolute atomic E-state index is 10.4. The van der Waals surface area contributed by atoms with Crippen molar-refractivity contribution < 1.29 is 0 Å². The van der Waals surface area contributed by atoms with E-state index in [0.717, 1.165) is 55.3 Å². The summed E-state index contributed by atoms with van der Waals surface area (Å²) in [6.45, 7) is 0. The van der Waals surface area contributed by atoms with Gasteiger partial charge in [-0.05, 0) is 54.6 Å². The van der Waals surface area contributed by atoms with Crippen molar-refractivity contribution in [3.63, 3.8) is 0 Å². The predicted octanol–water partition coefficient (Wildman–Crippen LogP) is 9.29. The first kappa shape index (κ1) is 23.8. The SMILES string of the molecule is N#Cc1ccc(-n2c3ccccc3c3ccccc32)cc1-c1c(C#N)cccc1-n1c2ccccc2c2ccccc21. The lowest BCUT2D eigenvalue weighted by Gasteiger charge is -2.18. The molecule has 8 aromatic rings. The average molecular weight is 535 g/mol. The summed E-state index contributed by atoms with van der Waals surface area (Å²) in [4.78, 5) is 0. The maximum Gasteiger partial charge on any atom is 0.0998 e. The van der Waals surface area contributed by atoms with E-state index in [1.165, 1.54) is 10.8 Å². The number of nitriles is 2. The molecule has 0 radical (unpaired) electrons. The van der Waals surface area contributed by atoms with Crippen molar-refractivity contribution in [2.75, 3.05) is 0 Å². The number of fused-ring (bicyclic) bond motifs is 6. The summed E-state index contributed by atoms with van der Waals surface area (Å²) in [5.41, 5.74) is 8.57. The van der Waals surface area contributed by atoms with Crippen LogP contribution in [0.3, 0.4) is 0 Å². The zero-order valence-electron chi connectivity index (χ0n) is 22.5. The highest BCUT2D eigenvalue weighted by Gasteiger charge is 2.21. The van der Waals surface area contributed by atoms with Crippen molar-refractivity contribution in [1.82, 2.24) is 9.13 Å². The summed E-state index contributed by atoms with van der Waals surface area (Å²) < 4.78 is 4.46. The highest BCUT2D eigenvalue weighted by molar-refractivity contribution is 6.11. The fourth-order valence-electron chi connectivity index (χ4n) is 6.46. The number of aromatic nitrogens is 2. The van der Waals surface area contributed by atoms with Crippen LogP contribution in [0.25, 0.3) is 66.1 Å². The van der Waals surface area contributed by atoms with Gasteiger partial charge in [-0.3, -0.25) is 0 Å². The van der Waals surface area contributed by atoms with Gasteiger partial charge in [0.1, 0.15) is 0 Å². The summed E-state index contributed by atoms with van der Waals surface area (Å²) >= 11 is 0. The van der Waals surface area contributed by atoms with Gasteiger partial charge in [-0.1, -0.05) is 78.9 Å². The quantitative estimate of drug-likeness (QED) is 0.227. The summed E-state index contributed by atoms with van der Waals surface area (Å²) in [7, 11) is 0. The number of hydrogen-bond donors (Lipinski definition) is 0. The smallest absolute Gasteiger partial charge is 0.0998 e. The molecule has 0 saturated heterocycles. The maximum atomic E-state index is 10.4. The molecule has 4 nitrogen and oxygen atoms in total. The highest BCUT2D eigenvalue weighted by Crippen LogP contribution is 2.40. The summed E-state index contributed by atoms with van der Waals surface area (Å²) in [5.74, 6) is 0. The lowest BCUT2D eigenvalue weighted by Crippen LogP contribution is -2.02.